The molecule has 0 atom stereocenters. The molecule has 2 aliphatic rings. The van der Waals surface area contributed by atoms with Crippen LogP contribution in [0.25, 0.3) is 11.1 Å². The number of rotatable bonds is 6. The molecule has 3 N–H and O–H groups in total. The fourth-order valence-electron chi connectivity index (χ4n) is 4.97. The Balaban J connectivity index is 1.44. The smallest absolute Gasteiger partial charge is 0.318 e. The van der Waals surface area contributed by atoms with E-state index in [2.05, 4.69) is 9.88 Å². The first-order valence-corrected chi connectivity index (χ1v) is 12.7. The number of primary amides is 1. The van der Waals surface area contributed by atoms with E-state index in [1.807, 2.05) is 45.0 Å². The molecule has 1 aliphatic heterocycles. The number of nitrogens with zero attached hydrogens (tertiary/aromatic N) is 2. The van der Waals surface area contributed by atoms with Crippen molar-refractivity contribution in [3.8, 4) is 16.9 Å². The van der Waals surface area contributed by atoms with Crippen LogP contribution >= 0.6 is 0 Å². The summed E-state index contributed by atoms with van der Waals surface area (Å²) in [6, 6.07) is 13.7. The fourth-order valence-corrected chi connectivity index (χ4v) is 4.97. The minimum absolute atomic E-state index is 0.146. The van der Waals surface area contributed by atoms with E-state index in [1.165, 1.54) is 12.1 Å². The van der Waals surface area contributed by atoms with Gasteiger partial charge in [-0.05, 0) is 74.9 Å². The molecule has 37 heavy (non-hydrogen) atoms. The summed E-state index contributed by atoms with van der Waals surface area (Å²) in [5, 5.41) is 3.02. The van der Waals surface area contributed by atoms with E-state index in [0.29, 0.717) is 43.5 Å². The zero-order valence-electron chi connectivity index (χ0n) is 21.5. The number of ether oxygens (including phenoxy) is 1. The van der Waals surface area contributed by atoms with E-state index in [9.17, 15) is 14.0 Å². The zero-order valence-corrected chi connectivity index (χ0v) is 21.5. The Hall–Kier alpha value is -3.81. The van der Waals surface area contributed by atoms with Gasteiger partial charge in [-0.2, -0.15) is 0 Å². The number of urea groups is 1. The predicted octanol–water partition coefficient (Wildman–Crippen LogP) is 5.17. The van der Waals surface area contributed by atoms with Crippen molar-refractivity contribution in [2.45, 2.75) is 64.8 Å². The third-order valence-corrected chi connectivity index (χ3v) is 6.79. The molecular weight excluding hydrogens is 471 g/mol. The SMILES string of the molecule is CC(C)(C)NC(=O)N1CCn2c(c(C(N)=O)c(-c3ccc(OCc4ccc(F)cc4)cc3)c2C2CC2)C1. The highest BCUT2D eigenvalue weighted by Crippen LogP contribution is 2.48. The maximum atomic E-state index is 13.2. The highest BCUT2D eigenvalue weighted by molar-refractivity contribution is 6.02. The molecule has 1 aromatic heterocycles. The summed E-state index contributed by atoms with van der Waals surface area (Å²) in [6.07, 6.45) is 2.14. The van der Waals surface area contributed by atoms with Crippen LogP contribution in [0.1, 0.15) is 66.8 Å². The van der Waals surface area contributed by atoms with E-state index in [-0.39, 0.29) is 17.4 Å². The Labute approximate surface area is 216 Å². The second-order valence-electron chi connectivity index (χ2n) is 10.9. The number of carbonyl (C=O) groups is 2. The molecule has 0 bridgehead atoms. The molecule has 5 rings (SSSR count). The van der Waals surface area contributed by atoms with Crippen molar-refractivity contribution >= 4 is 11.9 Å². The second-order valence-corrected chi connectivity index (χ2v) is 10.9. The van der Waals surface area contributed by atoms with Crippen molar-refractivity contribution < 1.29 is 18.7 Å². The minimum atomic E-state index is -0.486. The molecule has 0 radical (unpaired) electrons. The van der Waals surface area contributed by atoms with Gasteiger partial charge in [-0.15, -0.1) is 0 Å². The largest absolute Gasteiger partial charge is 0.489 e. The standard InChI is InChI=1S/C29H33FN4O3/c1-29(2,3)32-28(36)33-14-15-34-23(16-33)25(27(31)35)24(26(34)20-6-7-20)19-8-12-22(13-9-19)37-17-18-4-10-21(30)11-5-18/h4-5,8-13,20H,6-7,14-17H2,1-3H3,(H2,31,35)(H,32,36). The van der Waals surface area contributed by atoms with E-state index in [0.717, 1.165) is 40.9 Å². The van der Waals surface area contributed by atoms with Crippen molar-refractivity contribution in [3.05, 3.63) is 76.9 Å². The Morgan fingerprint density at radius 3 is 2.32 bits per heavy atom. The number of hydrogen-bond acceptors (Lipinski definition) is 3. The van der Waals surface area contributed by atoms with Crippen LogP contribution in [0.15, 0.2) is 48.5 Å². The molecule has 3 aromatic rings. The number of nitrogens with two attached hydrogens (primary N) is 1. The van der Waals surface area contributed by atoms with Gasteiger partial charge in [-0.1, -0.05) is 24.3 Å². The van der Waals surface area contributed by atoms with Crippen molar-refractivity contribution in [2.75, 3.05) is 6.54 Å². The van der Waals surface area contributed by atoms with Gasteiger partial charge in [0.05, 0.1) is 17.8 Å². The zero-order chi connectivity index (χ0) is 26.3. The van der Waals surface area contributed by atoms with Gasteiger partial charge in [0.15, 0.2) is 0 Å². The van der Waals surface area contributed by atoms with Crippen LogP contribution in [0.2, 0.25) is 0 Å². The van der Waals surface area contributed by atoms with Crippen LogP contribution in [0.3, 0.4) is 0 Å². The lowest BCUT2D eigenvalue weighted by Gasteiger charge is -2.33. The molecule has 1 aliphatic carbocycles. The highest BCUT2D eigenvalue weighted by Gasteiger charge is 2.38. The summed E-state index contributed by atoms with van der Waals surface area (Å²) in [6.45, 7) is 7.69. The number of benzene rings is 2. The number of nitrogens with one attached hydrogen (secondary N) is 1. The van der Waals surface area contributed by atoms with Crippen molar-refractivity contribution in [1.82, 2.24) is 14.8 Å². The molecule has 8 heteroatoms. The Morgan fingerprint density at radius 1 is 1.05 bits per heavy atom. The highest BCUT2D eigenvalue weighted by atomic mass is 19.1. The lowest BCUT2D eigenvalue weighted by molar-refractivity contribution is 0.0997. The van der Waals surface area contributed by atoms with Crippen molar-refractivity contribution in [3.63, 3.8) is 0 Å². The van der Waals surface area contributed by atoms with Gasteiger partial charge >= 0.3 is 6.03 Å². The second kappa shape index (κ2) is 9.57. The first-order valence-electron chi connectivity index (χ1n) is 12.7. The van der Waals surface area contributed by atoms with E-state index in [1.54, 1.807) is 17.0 Å². The van der Waals surface area contributed by atoms with Gasteiger partial charge in [0.1, 0.15) is 18.2 Å². The van der Waals surface area contributed by atoms with Crippen LogP contribution in [-0.2, 0) is 19.7 Å². The molecule has 194 valence electrons. The molecule has 2 heterocycles. The summed E-state index contributed by atoms with van der Waals surface area (Å²) >= 11 is 0. The predicted molar refractivity (Wildman–Crippen MR) is 140 cm³/mol. The number of carbonyl (C=O) groups excluding carboxylic acids is 2. The Morgan fingerprint density at radius 2 is 1.73 bits per heavy atom. The van der Waals surface area contributed by atoms with Gasteiger partial charge in [0.2, 0.25) is 0 Å². The molecule has 0 spiro atoms. The monoisotopic (exact) mass is 504 g/mol. The summed E-state index contributed by atoms with van der Waals surface area (Å²) in [7, 11) is 0. The lowest BCUT2D eigenvalue weighted by atomic mass is 9.97. The summed E-state index contributed by atoms with van der Waals surface area (Å²) < 4.78 is 21.2. The first-order chi connectivity index (χ1) is 17.6. The topological polar surface area (TPSA) is 89.6 Å². The van der Waals surface area contributed by atoms with Gasteiger partial charge < -0.3 is 25.3 Å². The number of hydrogen-bond donors (Lipinski definition) is 2. The number of aromatic nitrogens is 1. The number of fused-ring (bicyclic) bond motifs is 1. The number of amides is 3. The summed E-state index contributed by atoms with van der Waals surface area (Å²) in [4.78, 5) is 27.5. The normalized spacial score (nSPS) is 15.3. The first kappa shape index (κ1) is 24.9. The van der Waals surface area contributed by atoms with Crippen LogP contribution in [0.4, 0.5) is 9.18 Å². The summed E-state index contributed by atoms with van der Waals surface area (Å²) in [5.74, 6) is 0.292. The lowest BCUT2D eigenvalue weighted by Crippen LogP contribution is -2.50. The average molecular weight is 505 g/mol. The van der Waals surface area contributed by atoms with Gasteiger partial charge in [-0.25, -0.2) is 9.18 Å². The molecule has 3 amide bonds. The van der Waals surface area contributed by atoms with Gasteiger partial charge in [-0.3, -0.25) is 4.79 Å². The van der Waals surface area contributed by atoms with E-state index in [4.69, 9.17) is 10.5 Å². The van der Waals surface area contributed by atoms with E-state index < -0.39 is 5.91 Å². The molecular formula is C29H33FN4O3. The van der Waals surface area contributed by atoms with Crippen LogP contribution < -0.4 is 15.8 Å². The molecule has 7 nitrogen and oxygen atoms in total. The maximum absolute atomic E-state index is 13.2. The Bertz CT molecular complexity index is 1320. The average Bonchev–Trinajstić information content (AvgIpc) is 3.63. The van der Waals surface area contributed by atoms with Gasteiger partial charge in [0.25, 0.3) is 5.91 Å². The van der Waals surface area contributed by atoms with Crippen LogP contribution in [0.5, 0.6) is 5.75 Å². The molecule has 1 fully saturated rings. The fraction of sp³-hybridized carbons (Fsp3) is 0.379. The summed E-state index contributed by atoms with van der Waals surface area (Å²) in [5.41, 5.74) is 10.7. The van der Waals surface area contributed by atoms with Crippen molar-refractivity contribution in [2.24, 2.45) is 5.73 Å². The molecule has 2 aromatic carbocycles. The van der Waals surface area contributed by atoms with Crippen LogP contribution in [0, 0.1) is 5.82 Å². The quantitative estimate of drug-likeness (QED) is 0.485. The third kappa shape index (κ3) is 5.33. The van der Waals surface area contributed by atoms with Gasteiger partial charge in [0, 0.05) is 29.9 Å². The molecule has 0 saturated heterocycles. The maximum Gasteiger partial charge on any atom is 0.318 e. The van der Waals surface area contributed by atoms with Crippen LogP contribution in [-0.4, -0.2) is 33.5 Å². The number of halogens is 1. The minimum Gasteiger partial charge on any atom is -0.489 e. The molecule has 0 unspecified atom stereocenters. The van der Waals surface area contributed by atoms with Crippen molar-refractivity contribution in [1.29, 1.82) is 0 Å². The van der Waals surface area contributed by atoms with E-state index >= 15 is 0 Å². The Kier molecular flexibility index (Phi) is 6.43. The third-order valence-electron chi connectivity index (χ3n) is 6.79. The molecule has 1 saturated carbocycles.